The fourth-order valence-corrected chi connectivity index (χ4v) is 4.44. The highest BCUT2D eigenvalue weighted by Crippen LogP contribution is 2.32. The van der Waals surface area contributed by atoms with Crippen molar-refractivity contribution in [2.75, 3.05) is 38.2 Å². The molecular formula is C21H29N3O. The number of anilines is 1. The molecule has 1 aliphatic carbocycles. The number of aromatic nitrogens is 1. The Kier molecular flexibility index (Phi) is 4.80. The summed E-state index contributed by atoms with van der Waals surface area (Å²) >= 11 is 0. The Morgan fingerprint density at radius 2 is 1.80 bits per heavy atom. The van der Waals surface area contributed by atoms with Gasteiger partial charge in [0, 0.05) is 49.9 Å². The Hall–Kier alpha value is -1.81. The highest BCUT2D eigenvalue weighted by atomic mass is 16.5. The molecule has 0 N–H and O–H groups in total. The lowest BCUT2D eigenvalue weighted by molar-refractivity contribution is 0.133. The highest BCUT2D eigenvalue weighted by Gasteiger charge is 2.27. The van der Waals surface area contributed by atoms with Gasteiger partial charge in [0.25, 0.3) is 0 Å². The second-order valence-electron chi connectivity index (χ2n) is 7.66. The first-order chi connectivity index (χ1) is 12.2. The standard InChI is InChI=1S/C21H29N3O/c1-16-5-7-18(8-6-16)23-10-12-24(13-11-23)20-15-19(25-2)14-17-4-3-9-22-21(17)20/h3-4,9,14-16,18H,5-8,10-13H2,1-2H3. The van der Waals surface area contributed by atoms with E-state index < -0.39 is 0 Å². The topological polar surface area (TPSA) is 28.6 Å². The van der Waals surface area contributed by atoms with Gasteiger partial charge < -0.3 is 9.64 Å². The third-order valence-corrected chi connectivity index (χ3v) is 6.05. The van der Waals surface area contributed by atoms with Crippen molar-refractivity contribution in [1.29, 1.82) is 0 Å². The van der Waals surface area contributed by atoms with E-state index in [0.29, 0.717) is 0 Å². The summed E-state index contributed by atoms with van der Waals surface area (Å²) in [5.41, 5.74) is 2.30. The van der Waals surface area contributed by atoms with Crippen LogP contribution in [0, 0.1) is 5.92 Å². The van der Waals surface area contributed by atoms with Crippen LogP contribution in [0.3, 0.4) is 0 Å². The van der Waals surface area contributed by atoms with Gasteiger partial charge in [0.15, 0.2) is 0 Å². The van der Waals surface area contributed by atoms with Crippen molar-refractivity contribution in [2.24, 2.45) is 5.92 Å². The molecule has 0 amide bonds. The van der Waals surface area contributed by atoms with Crippen molar-refractivity contribution in [3.8, 4) is 5.75 Å². The van der Waals surface area contributed by atoms with Gasteiger partial charge in [-0.05, 0) is 43.7 Å². The molecule has 1 saturated heterocycles. The summed E-state index contributed by atoms with van der Waals surface area (Å²) in [4.78, 5) is 9.84. The van der Waals surface area contributed by atoms with Gasteiger partial charge in [-0.1, -0.05) is 13.0 Å². The summed E-state index contributed by atoms with van der Waals surface area (Å²) in [5.74, 6) is 1.84. The van der Waals surface area contributed by atoms with Crippen LogP contribution >= 0.6 is 0 Å². The van der Waals surface area contributed by atoms with E-state index in [1.807, 2.05) is 12.3 Å². The Bertz CT molecular complexity index is 716. The molecule has 4 heteroatoms. The number of rotatable bonds is 3. The number of piperazine rings is 1. The minimum absolute atomic E-state index is 0.804. The van der Waals surface area contributed by atoms with Crippen molar-refractivity contribution in [3.05, 3.63) is 30.5 Å². The fraction of sp³-hybridized carbons (Fsp3) is 0.571. The van der Waals surface area contributed by atoms with E-state index in [-0.39, 0.29) is 0 Å². The largest absolute Gasteiger partial charge is 0.497 e. The predicted molar refractivity (Wildman–Crippen MR) is 104 cm³/mol. The molecule has 1 saturated carbocycles. The van der Waals surface area contributed by atoms with Crippen LogP contribution in [-0.2, 0) is 0 Å². The summed E-state index contributed by atoms with van der Waals surface area (Å²) in [6, 6.07) is 9.14. The maximum absolute atomic E-state index is 5.52. The Morgan fingerprint density at radius 3 is 2.52 bits per heavy atom. The second-order valence-corrected chi connectivity index (χ2v) is 7.66. The van der Waals surface area contributed by atoms with Crippen LogP contribution in [0.5, 0.6) is 5.75 Å². The molecule has 0 atom stereocenters. The van der Waals surface area contributed by atoms with Gasteiger partial charge in [-0.3, -0.25) is 9.88 Å². The SMILES string of the molecule is COc1cc(N2CCN(C3CCC(C)CC3)CC2)c2ncccc2c1. The zero-order valence-corrected chi connectivity index (χ0v) is 15.4. The number of hydrogen-bond donors (Lipinski definition) is 0. The third kappa shape index (κ3) is 3.45. The molecule has 4 rings (SSSR count). The van der Waals surface area contributed by atoms with Gasteiger partial charge >= 0.3 is 0 Å². The third-order valence-electron chi connectivity index (χ3n) is 6.05. The number of methoxy groups -OCH3 is 1. The summed E-state index contributed by atoms with van der Waals surface area (Å²) in [6.07, 6.45) is 7.44. The van der Waals surface area contributed by atoms with Crippen LogP contribution in [0.25, 0.3) is 10.9 Å². The summed E-state index contributed by atoms with van der Waals surface area (Å²) < 4.78 is 5.52. The van der Waals surface area contributed by atoms with E-state index in [1.54, 1.807) is 7.11 Å². The van der Waals surface area contributed by atoms with Gasteiger partial charge in [-0.25, -0.2) is 0 Å². The second kappa shape index (κ2) is 7.20. The zero-order chi connectivity index (χ0) is 17.2. The lowest BCUT2D eigenvalue weighted by atomic mass is 9.86. The molecule has 2 heterocycles. The molecule has 0 radical (unpaired) electrons. The monoisotopic (exact) mass is 339 g/mol. The van der Waals surface area contributed by atoms with Crippen LogP contribution in [0.15, 0.2) is 30.5 Å². The van der Waals surface area contributed by atoms with Gasteiger partial charge in [-0.2, -0.15) is 0 Å². The lowest BCUT2D eigenvalue weighted by Crippen LogP contribution is -2.51. The molecule has 2 aliphatic rings. The van der Waals surface area contributed by atoms with E-state index in [9.17, 15) is 0 Å². The Morgan fingerprint density at radius 1 is 1.04 bits per heavy atom. The van der Waals surface area contributed by atoms with Crippen LogP contribution in [0.1, 0.15) is 32.6 Å². The van der Waals surface area contributed by atoms with Gasteiger partial charge in [-0.15, -0.1) is 0 Å². The van der Waals surface area contributed by atoms with Crippen molar-refractivity contribution < 1.29 is 4.74 Å². The van der Waals surface area contributed by atoms with Gasteiger partial charge in [0.2, 0.25) is 0 Å². The molecule has 1 aromatic heterocycles. The number of fused-ring (bicyclic) bond motifs is 1. The average Bonchev–Trinajstić information content (AvgIpc) is 2.68. The van der Waals surface area contributed by atoms with Crippen LogP contribution in [-0.4, -0.2) is 49.2 Å². The Labute approximate surface area is 150 Å². The van der Waals surface area contributed by atoms with Crippen molar-refractivity contribution in [1.82, 2.24) is 9.88 Å². The summed E-state index contributed by atoms with van der Waals surface area (Å²) in [5, 5.41) is 1.15. The summed E-state index contributed by atoms with van der Waals surface area (Å²) in [7, 11) is 1.74. The lowest BCUT2D eigenvalue weighted by Gasteiger charge is -2.42. The van der Waals surface area contributed by atoms with E-state index in [2.05, 4.69) is 39.9 Å². The molecule has 2 aromatic rings. The van der Waals surface area contributed by atoms with Crippen LogP contribution in [0.2, 0.25) is 0 Å². The van der Waals surface area contributed by atoms with E-state index in [1.165, 1.54) is 31.4 Å². The molecule has 4 nitrogen and oxygen atoms in total. The first kappa shape index (κ1) is 16.6. The zero-order valence-electron chi connectivity index (χ0n) is 15.4. The number of benzene rings is 1. The highest BCUT2D eigenvalue weighted by molar-refractivity contribution is 5.92. The molecule has 134 valence electrons. The van der Waals surface area contributed by atoms with E-state index in [4.69, 9.17) is 4.74 Å². The van der Waals surface area contributed by atoms with Crippen molar-refractivity contribution >= 4 is 16.6 Å². The van der Waals surface area contributed by atoms with Gasteiger partial charge in [0.05, 0.1) is 18.3 Å². The molecule has 0 spiro atoms. The van der Waals surface area contributed by atoms with Crippen molar-refractivity contribution in [3.63, 3.8) is 0 Å². The van der Waals surface area contributed by atoms with Crippen LogP contribution < -0.4 is 9.64 Å². The van der Waals surface area contributed by atoms with E-state index >= 15 is 0 Å². The molecule has 0 unspecified atom stereocenters. The first-order valence-corrected chi connectivity index (χ1v) is 9.66. The maximum Gasteiger partial charge on any atom is 0.121 e. The van der Waals surface area contributed by atoms with E-state index in [0.717, 1.165) is 54.8 Å². The number of pyridine rings is 1. The molecular weight excluding hydrogens is 310 g/mol. The fourth-order valence-electron chi connectivity index (χ4n) is 4.44. The summed E-state index contributed by atoms with van der Waals surface area (Å²) in [6.45, 7) is 6.86. The molecule has 1 aromatic carbocycles. The average molecular weight is 339 g/mol. The normalized spacial score (nSPS) is 25.3. The van der Waals surface area contributed by atoms with Crippen LogP contribution in [0.4, 0.5) is 5.69 Å². The predicted octanol–water partition coefficient (Wildman–Crippen LogP) is 3.94. The maximum atomic E-state index is 5.52. The number of hydrogen-bond acceptors (Lipinski definition) is 4. The molecule has 2 fully saturated rings. The quantitative estimate of drug-likeness (QED) is 0.847. The molecule has 1 aliphatic heterocycles. The smallest absolute Gasteiger partial charge is 0.121 e. The van der Waals surface area contributed by atoms with Crippen molar-refractivity contribution in [2.45, 2.75) is 38.6 Å². The minimum atomic E-state index is 0.804. The molecule has 0 bridgehead atoms. The van der Waals surface area contributed by atoms with Gasteiger partial charge in [0.1, 0.15) is 5.75 Å². The Balaban J connectivity index is 1.50. The number of ether oxygens (including phenoxy) is 1. The minimum Gasteiger partial charge on any atom is -0.497 e. The first-order valence-electron chi connectivity index (χ1n) is 9.66. The molecule has 25 heavy (non-hydrogen) atoms. The number of nitrogens with zero attached hydrogens (tertiary/aromatic N) is 3.